The molecule has 1 aliphatic rings. The second-order valence-corrected chi connectivity index (χ2v) is 5.45. The number of hydrogen-bond donors (Lipinski definition) is 0. The van der Waals surface area contributed by atoms with Crippen molar-refractivity contribution in [2.75, 3.05) is 14.2 Å². The highest BCUT2D eigenvalue weighted by Gasteiger charge is 2.50. The van der Waals surface area contributed by atoms with E-state index in [0.29, 0.717) is 0 Å². The minimum Gasteiger partial charge on any atom is -0.362 e. The van der Waals surface area contributed by atoms with Crippen molar-refractivity contribution >= 4 is 6.08 Å². The zero-order valence-electron chi connectivity index (χ0n) is 13.0. The summed E-state index contributed by atoms with van der Waals surface area (Å²) in [6.07, 6.45) is 10.1. The fraction of sp³-hybridized carbons (Fsp3) is 0.444. The molecule has 2 atom stereocenters. The second-order valence-electron chi connectivity index (χ2n) is 5.45. The van der Waals surface area contributed by atoms with E-state index in [4.69, 9.17) is 14.2 Å². The van der Waals surface area contributed by atoms with Gasteiger partial charge in [0.2, 0.25) is 0 Å². The van der Waals surface area contributed by atoms with Crippen LogP contribution < -0.4 is 0 Å². The number of ether oxygens (including phenoxy) is 3. The molecule has 0 spiro atoms. The molecule has 2 rings (SSSR count). The largest absolute Gasteiger partial charge is 0.362 e. The van der Waals surface area contributed by atoms with Crippen LogP contribution in [0.15, 0.2) is 48.6 Å². The number of epoxide rings is 1. The van der Waals surface area contributed by atoms with Gasteiger partial charge in [0.25, 0.3) is 0 Å². The number of hydrogen-bond acceptors (Lipinski definition) is 3. The lowest BCUT2D eigenvalue weighted by molar-refractivity contribution is -0.109. The van der Waals surface area contributed by atoms with Gasteiger partial charge in [-0.2, -0.15) is 0 Å². The smallest absolute Gasteiger partial charge is 0.156 e. The van der Waals surface area contributed by atoms with Crippen molar-refractivity contribution in [1.29, 1.82) is 0 Å². The maximum Gasteiger partial charge on any atom is 0.156 e. The van der Waals surface area contributed by atoms with Crippen molar-refractivity contribution in [3.63, 3.8) is 0 Å². The third-order valence-electron chi connectivity index (χ3n) is 3.83. The van der Waals surface area contributed by atoms with Crippen LogP contribution in [0.25, 0.3) is 6.08 Å². The summed E-state index contributed by atoms with van der Waals surface area (Å²) in [5.74, 6) is 0. The first kappa shape index (κ1) is 16.0. The van der Waals surface area contributed by atoms with Crippen molar-refractivity contribution in [3.05, 3.63) is 54.1 Å². The van der Waals surface area contributed by atoms with E-state index < -0.39 is 0 Å². The molecule has 0 bridgehead atoms. The Morgan fingerprint density at radius 1 is 1.19 bits per heavy atom. The lowest BCUT2D eigenvalue weighted by atomic mass is 10.0. The molecule has 0 aliphatic carbocycles. The topological polar surface area (TPSA) is 31.0 Å². The molecule has 0 aromatic heterocycles. The highest BCUT2D eigenvalue weighted by atomic mass is 16.7. The lowest BCUT2D eigenvalue weighted by Gasteiger charge is -2.14. The average molecular weight is 288 g/mol. The first-order chi connectivity index (χ1) is 10.2. The van der Waals surface area contributed by atoms with Crippen LogP contribution >= 0.6 is 0 Å². The van der Waals surface area contributed by atoms with E-state index in [1.54, 1.807) is 14.2 Å². The molecule has 3 nitrogen and oxygen atoms in total. The van der Waals surface area contributed by atoms with Crippen molar-refractivity contribution in [1.82, 2.24) is 0 Å². The molecule has 1 aliphatic heterocycles. The van der Waals surface area contributed by atoms with Crippen molar-refractivity contribution in [3.8, 4) is 0 Å². The van der Waals surface area contributed by atoms with Crippen LogP contribution in [0, 0.1) is 0 Å². The van der Waals surface area contributed by atoms with Gasteiger partial charge in [-0.25, -0.2) is 0 Å². The van der Waals surface area contributed by atoms with Gasteiger partial charge in [0.05, 0.1) is 5.60 Å². The third kappa shape index (κ3) is 4.81. The molecule has 114 valence electrons. The predicted molar refractivity (Wildman–Crippen MR) is 84.9 cm³/mol. The molecule has 1 fully saturated rings. The molecule has 0 radical (unpaired) electrons. The van der Waals surface area contributed by atoms with Crippen LogP contribution in [-0.2, 0) is 14.2 Å². The summed E-state index contributed by atoms with van der Waals surface area (Å²) in [4.78, 5) is 0. The van der Waals surface area contributed by atoms with Gasteiger partial charge in [-0.15, -0.1) is 0 Å². The Labute approximate surface area is 127 Å². The summed E-state index contributed by atoms with van der Waals surface area (Å²) >= 11 is 0. The summed E-state index contributed by atoms with van der Waals surface area (Å²) in [5.41, 5.74) is 1.12. The van der Waals surface area contributed by atoms with E-state index in [1.807, 2.05) is 30.4 Å². The van der Waals surface area contributed by atoms with E-state index in [9.17, 15) is 0 Å². The SMILES string of the molecule is COC(CC[C@]1(C)O[C@H]1/C=C\C=C\c1ccccc1)OC. The van der Waals surface area contributed by atoms with E-state index in [0.717, 1.165) is 12.8 Å². The Bertz CT molecular complexity index is 476. The summed E-state index contributed by atoms with van der Waals surface area (Å²) in [6.45, 7) is 2.13. The van der Waals surface area contributed by atoms with Gasteiger partial charge < -0.3 is 14.2 Å². The number of rotatable bonds is 8. The van der Waals surface area contributed by atoms with Crippen LogP contribution in [-0.4, -0.2) is 32.2 Å². The third-order valence-corrected chi connectivity index (χ3v) is 3.83. The van der Waals surface area contributed by atoms with Crippen LogP contribution in [0.4, 0.5) is 0 Å². The standard InChI is InChI=1S/C18H24O3/c1-18(14-13-17(19-2)20-3)16(21-18)12-8-7-11-15-9-5-4-6-10-15/h4-12,16-17H,13-14H2,1-3H3/b11-7+,12-8-/t16-,18-/m0/s1. The molecule has 0 N–H and O–H groups in total. The maximum absolute atomic E-state index is 5.76. The van der Waals surface area contributed by atoms with Gasteiger partial charge in [-0.1, -0.05) is 54.6 Å². The first-order valence-electron chi connectivity index (χ1n) is 7.31. The van der Waals surface area contributed by atoms with Crippen molar-refractivity contribution in [2.24, 2.45) is 0 Å². The molecule has 0 unspecified atom stereocenters. The van der Waals surface area contributed by atoms with Gasteiger partial charge in [0.15, 0.2) is 6.29 Å². The average Bonchev–Trinajstić information content (AvgIpc) is 3.16. The van der Waals surface area contributed by atoms with Gasteiger partial charge in [0, 0.05) is 20.6 Å². The molecule has 0 amide bonds. The predicted octanol–water partition coefficient (Wildman–Crippen LogP) is 3.81. The molecule has 21 heavy (non-hydrogen) atoms. The van der Waals surface area contributed by atoms with E-state index >= 15 is 0 Å². The number of allylic oxidation sites excluding steroid dienone is 2. The summed E-state index contributed by atoms with van der Waals surface area (Å²) in [6, 6.07) is 10.2. The zero-order chi connectivity index (χ0) is 15.1. The van der Waals surface area contributed by atoms with Gasteiger partial charge >= 0.3 is 0 Å². The second kappa shape index (κ2) is 7.55. The molecule has 1 saturated heterocycles. The van der Waals surface area contributed by atoms with Gasteiger partial charge in [-0.05, 0) is 18.9 Å². The van der Waals surface area contributed by atoms with Crippen LogP contribution in [0.2, 0.25) is 0 Å². The normalized spacial score (nSPS) is 25.2. The Morgan fingerprint density at radius 3 is 2.57 bits per heavy atom. The van der Waals surface area contributed by atoms with Crippen LogP contribution in [0.1, 0.15) is 25.3 Å². The monoisotopic (exact) mass is 288 g/mol. The zero-order valence-corrected chi connectivity index (χ0v) is 13.0. The number of methoxy groups -OCH3 is 2. The summed E-state index contributed by atoms with van der Waals surface area (Å²) in [7, 11) is 3.33. The highest BCUT2D eigenvalue weighted by molar-refractivity contribution is 5.50. The Morgan fingerprint density at radius 2 is 1.90 bits per heavy atom. The van der Waals surface area contributed by atoms with Gasteiger partial charge in [0.1, 0.15) is 6.10 Å². The van der Waals surface area contributed by atoms with Crippen molar-refractivity contribution < 1.29 is 14.2 Å². The summed E-state index contributed by atoms with van der Waals surface area (Å²) in [5, 5.41) is 0. The number of benzene rings is 1. The Kier molecular flexibility index (Phi) is 5.74. The molecule has 3 heteroatoms. The Balaban J connectivity index is 1.75. The fourth-order valence-electron chi connectivity index (χ4n) is 2.33. The molecule has 1 aromatic carbocycles. The maximum atomic E-state index is 5.76. The fourth-order valence-corrected chi connectivity index (χ4v) is 2.33. The van der Waals surface area contributed by atoms with E-state index in [2.05, 4.69) is 31.2 Å². The molecular formula is C18H24O3. The minimum atomic E-state index is -0.145. The lowest BCUT2D eigenvalue weighted by Crippen LogP contribution is -2.18. The first-order valence-corrected chi connectivity index (χ1v) is 7.31. The summed E-state index contributed by atoms with van der Waals surface area (Å²) < 4.78 is 16.2. The quantitative estimate of drug-likeness (QED) is 0.414. The van der Waals surface area contributed by atoms with Gasteiger partial charge in [-0.3, -0.25) is 0 Å². The molecular weight excluding hydrogens is 264 g/mol. The minimum absolute atomic E-state index is 0.0770. The van der Waals surface area contributed by atoms with E-state index in [1.165, 1.54) is 5.56 Å². The van der Waals surface area contributed by atoms with Crippen LogP contribution in [0.3, 0.4) is 0 Å². The highest BCUT2D eigenvalue weighted by Crippen LogP contribution is 2.41. The van der Waals surface area contributed by atoms with Crippen molar-refractivity contribution in [2.45, 2.75) is 37.8 Å². The Hall–Kier alpha value is -1.42. The molecule has 0 saturated carbocycles. The van der Waals surface area contributed by atoms with Crippen LogP contribution in [0.5, 0.6) is 0 Å². The molecule has 1 aromatic rings. The molecule has 1 heterocycles. The van der Waals surface area contributed by atoms with E-state index in [-0.39, 0.29) is 18.0 Å².